The monoisotopic (exact) mass is 276 g/mol. The van der Waals surface area contributed by atoms with Crippen molar-refractivity contribution in [3.05, 3.63) is 11.9 Å². The molecule has 0 saturated heterocycles. The van der Waals surface area contributed by atoms with Gasteiger partial charge in [0, 0.05) is 12.0 Å². The normalized spacial score (nSPS) is 30.2. The third kappa shape index (κ3) is 2.87. The van der Waals surface area contributed by atoms with Crippen LogP contribution in [0, 0.1) is 5.92 Å². The number of nitrogens with zero attached hydrogens (tertiary/aromatic N) is 2. The number of aliphatic hydroxyl groups is 1. The Morgan fingerprint density at radius 1 is 1.40 bits per heavy atom. The van der Waals surface area contributed by atoms with Crippen LogP contribution in [-0.4, -0.2) is 27.2 Å². The van der Waals surface area contributed by atoms with Crippen molar-refractivity contribution in [1.29, 1.82) is 0 Å². The van der Waals surface area contributed by atoms with Crippen molar-refractivity contribution in [3.63, 3.8) is 0 Å². The minimum absolute atomic E-state index is 0.139. The topological polar surface area (TPSA) is 84.1 Å². The summed E-state index contributed by atoms with van der Waals surface area (Å²) >= 11 is 0. The van der Waals surface area contributed by atoms with Gasteiger partial charge in [-0.1, -0.05) is 19.8 Å². The van der Waals surface area contributed by atoms with E-state index in [9.17, 15) is 5.11 Å². The average molecular weight is 276 g/mol. The lowest BCUT2D eigenvalue weighted by molar-refractivity contribution is 0.149. The van der Waals surface area contributed by atoms with Crippen molar-refractivity contribution in [1.82, 2.24) is 9.97 Å². The minimum Gasteiger partial charge on any atom is -0.394 e. The number of rotatable bonds is 4. The van der Waals surface area contributed by atoms with Crippen LogP contribution in [0.15, 0.2) is 6.07 Å². The van der Waals surface area contributed by atoms with Gasteiger partial charge in [-0.2, -0.15) is 0 Å². The van der Waals surface area contributed by atoms with E-state index in [4.69, 9.17) is 5.73 Å². The van der Waals surface area contributed by atoms with Crippen molar-refractivity contribution in [2.24, 2.45) is 5.92 Å². The van der Waals surface area contributed by atoms with Gasteiger partial charge >= 0.3 is 0 Å². The van der Waals surface area contributed by atoms with E-state index < -0.39 is 0 Å². The molecule has 2 unspecified atom stereocenters. The number of hydrogen-bond acceptors (Lipinski definition) is 5. The summed E-state index contributed by atoms with van der Waals surface area (Å²) in [4.78, 5) is 8.91. The van der Waals surface area contributed by atoms with Gasteiger partial charge in [0.15, 0.2) is 0 Å². The Balaban J connectivity index is 1.81. The number of nitrogen functional groups attached to an aromatic ring is 1. The first kappa shape index (κ1) is 13.6. The summed E-state index contributed by atoms with van der Waals surface area (Å²) < 4.78 is 0. The van der Waals surface area contributed by atoms with Crippen LogP contribution in [0.3, 0.4) is 0 Å². The molecular formula is C15H24N4O. The van der Waals surface area contributed by atoms with Crippen LogP contribution >= 0.6 is 0 Å². The van der Waals surface area contributed by atoms with E-state index in [-0.39, 0.29) is 12.1 Å². The molecule has 110 valence electrons. The smallest absolute Gasteiger partial charge is 0.136 e. The Hall–Kier alpha value is -1.36. The summed E-state index contributed by atoms with van der Waals surface area (Å²) in [6, 6.07) is 1.78. The second-order valence-electron chi connectivity index (χ2n) is 6.58. The zero-order chi connectivity index (χ0) is 14.2. The standard InChI is InChI=1S/C15H24N4O/c1-10-3-2-6-15(8-10,9-20)19-13-7-12(16)17-14(18-13)11-4-5-11/h7,10-11,20H,2-6,8-9H2,1H3,(H3,16,17,18,19). The van der Waals surface area contributed by atoms with Crippen molar-refractivity contribution in [2.75, 3.05) is 17.7 Å². The largest absolute Gasteiger partial charge is 0.394 e. The van der Waals surface area contributed by atoms with Crippen molar-refractivity contribution in [2.45, 2.75) is 56.9 Å². The highest BCUT2D eigenvalue weighted by atomic mass is 16.3. The molecule has 20 heavy (non-hydrogen) atoms. The molecule has 0 spiro atoms. The third-order valence-corrected chi connectivity index (χ3v) is 4.49. The van der Waals surface area contributed by atoms with Crippen LogP contribution in [0.4, 0.5) is 11.6 Å². The van der Waals surface area contributed by atoms with E-state index in [0.717, 1.165) is 43.7 Å². The Morgan fingerprint density at radius 2 is 2.20 bits per heavy atom. The maximum Gasteiger partial charge on any atom is 0.136 e. The summed E-state index contributed by atoms with van der Waals surface area (Å²) in [5.74, 6) is 3.24. The Morgan fingerprint density at radius 3 is 2.85 bits per heavy atom. The molecule has 2 fully saturated rings. The Labute approximate surface area is 120 Å². The van der Waals surface area contributed by atoms with Gasteiger partial charge in [-0.05, 0) is 31.6 Å². The number of anilines is 2. The molecule has 2 saturated carbocycles. The van der Waals surface area contributed by atoms with Crippen LogP contribution in [0.1, 0.15) is 57.2 Å². The quantitative estimate of drug-likeness (QED) is 0.785. The number of aliphatic hydroxyl groups excluding tert-OH is 1. The molecule has 1 heterocycles. The van der Waals surface area contributed by atoms with Crippen LogP contribution in [0.25, 0.3) is 0 Å². The number of nitrogens with one attached hydrogen (secondary N) is 1. The van der Waals surface area contributed by atoms with Gasteiger partial charge in [-0.3, -0.25) is 0 Å². The van der Waals surface area contributed by atoms with Gasteiger partial charge in [0.05, 0.1) is 12.1 Å². The van der Waals surface area contributed by atoms with Gasteiger partial charge in [-0.15, -0.1) is 0 Å². The maximum atomic E-state index is 9.84. The lowest BCUT2D eigenvalue weighted by Gasteiger charge is -2.39. The summed E-state index contributed by atoms with van der Waals surface area (Å²) in [7, 11) is 0. The molecule has 0 aliphatic heterocycles. The summed E-state index contributed by atoms with van der Waals surface area (Å²) in [5.41, 5.74) is 5.64. The molecule has 1 aromatic heterocycles. The summed E-state index contributed by atoms with van der Waals surface area (Å²) in [6.45, 7) is 2.38. The van der Waals surface area contributed by atoms with Gasteiger partial charge < -0.3 is 16.2 Å². The SMILES string of the molecule is CC1CCCC(CO)(Nc2cc(N)nc(C3CC3)n2)C1. The fraction of sp³-hybridized carbons (Fsp3) is 0.733. The third-order valence-electron chi connectivity index (χ3n) is 4.49. The van der Waals surface area contributed by atoms with Crippen LogP contribution in [0.5, 0.6) is 0 Å². The lowest BCUT2D eigenvalue weighted by atomic mass is 9.77. The van der Waals surface area contributed by atoms with Crippen molar-refractivity contribution in [3.8, 4) is 0 Å². The number of aromatic nitrogens is 2. The Bertz CT molecular complexity index is 489. The molecule has 3 rings (SSSR count). The summed E-state index contributed by atoms with van der Waals surface area (Å²) in [6.07, 6.45) is 6.66. The molecule has 5 nitrogen and oxygen atoms in total. The highest BCUT2D eigenvalue weighted by Crippen LogP contribution is 2.39. The van der Waals surface area contributed by atoms with Gasteiger partial charge in [-0.25, -0.2) is 9.97 Å². The zero-order valence-electron chi connectivity index (χ0n) is 12.1. The van der Waals surface area contributed by atoms with E-state index in [2.05, 4.69) is 22.2 Å². The number of hydrogen-bond donors (Lipinski definition) is 3. The molecule has 4 N–H and O–H groups in total. The van der Waals surface area contributed by atoms with Gasteiger partial charge in [0.25, 0.3) is 0 Å². The average Bonchev–Trinajstić information content (AvgIpc) is 3.22. The van der Waals surface area contributed by atoms with E-state index >= 15 is 0 Å². The molecule has 0 radical (unpaired) electrons. The van der Waals surface area contributed by atoms with Crippen molar-refractivity contribution < 1.29 is 5.11 Å². The second kappa shape index (κ2) is 5.20. The lowest BCUT2D eigenvalue weighted by Crippen LogP contribution is -2.46. The van der Waals surface area contributed by atoms with Crippen molar-refractivity contribution >= 4 is 11.6 Å². The first-order valence-corrected chi connectivity index (χ1v) is 7.64. The van der Waals surface area contributed by atoms with E-state index in [0.29, 0.717) is 17.7 Å². The molecule has 0 aromatic carbocycles. The fourth-order valence-corrected chi connectivity index (χ4v) is 3.30. The zero-order valence-corrected chi connectivity index (χ0v) is 12.1. The van der Waals surface area contributed by atoms with Crippen LogP contribution < -0.4 is 11.1 Å². The summed E-state index contributed by atoms with van der Waals surface area (Å²) in [5, 5.41) is 13.3. The van der Waals surface area contributed by atoms with Gasteiger partial charge in [0.1, 0.15) is 17.5 Å². The van der Waals surface area contributed by atoms with E-state index in [1.165, 1.54) is 6.42 Å². The molecule has 2 aliphatic rings. The van der Waals surface area contributed by atoms with Crippen LogP contribution in [0.2, 0.25) is 0 Å². The van der Waals surface area contributed by atoms with E-state index in [1.807, 2.05) is 0 Å². The molecule has 0 amide bonds. The Kier molecular flexibility index (Phi) is 3.54. The predicted octanol–water partition coefficient (Wildman–Crippen LogP) is 2.29. The number of nitrogens with two attached hydrogens (primary N) is 1. The minimum atomic E-state index is -0.251. The second-order valence-corrected chi connectivity index (χ2v) is 6.58. The van der Waals surface area contributed by atoms with Crippen LogP contribution in [-0.2, 0) is 0 Å². The first-order valence-electron chi connectivity index (χ1n) is 7.64. The molecule has 1 aromatic rings. The highest BCUT2D eigenvalue weighted by molar-refractivity contribution is 5.47. The fourth-order valence-electron chi connectivity index (χ4n) is 3.30. The predicted molar refractivity (Wildman–Crippen MR) is 79.5 cm³/mol. The molecule has 2 aliphatic carbocycles. The molecule has 5 heteroatoms. The molecule has 2 atom stereocenters. The highest BCUT2D eigenvalue weighted by Gasteiger charge is 2.35. The molecule has 0 bridgehead atoms. The maximum absolute atomic E-state index is 9.84. The van der Waals surface area contributed by atoms with Gasteiger partial charge in [0.2, 0.25) is 0 Å². The molecular weight excluding hydrogens is 252 g/mol. The van der Waals surface area contributed by atoms with E-state index in [1.54, 1.807) is 6.07 Å². The first-order chi connectivity index (χ1) is 9.60.